The van der Waals surface area contributed by atoms with Gasteiger partial charge in [-0.25, -0.2) is 8.42 Å². The summed E-state index contributed by atoms with van der Waals surface area (Å²) in [6.07, 6.45) is 0.527. The molecule has 0 bridgehead atoms. The number of amides is 2. The minimum Gasteiger partial charge on any atom is -0.355 e. The van der Waals surface area contributed by atoms with Gasteiger partial charge >= 0.3 is 0 Å². The van der Waals surface area contributed by atoms with Crippen LogP contribution in [-0.4, -0.2) is 50.8 Å². The lowest BCUT2D eigenvalue weighted by molar-refractivity contribution is -0.138. The molecular weight excluding hydrogens is 554 g/mol. The minimum atomic E-state index is -4.07. The van der Waals surface area contributed by atoms with Gasteiger partial charge in [-0.05, 0) is 69.2 Å². The zero-order valence-electron chi connectivity index (χ0n) is 21.2. The van der Waals surface area contributed by atoms with Crippen molar-refractivity contribution in [1.82, 2.24) is 10.2 Å². The number of benzene rings is 3. The number of carbonyl (C=O) groups is 2. The highest BCUT2D eigenvalue weighted by Crippen LogP contribution is 2.26. The summed E-state index contributed by atoms with van der Waals surface area (Å²) in [6.45, 7) is 5.59. The van der Waals surface area contributed by atoms with Gasteiger partial charge in [0.05, 0.1) is 10.6 Å². The fraction of sp³-hybridized carbons (Fsp3) is 0.286. The predicted molar refractivity (Wildman–Crippen MR) is 150 cm³/mol. The van der Waals surface area contributed by atoms with Crippen molar-refractivity contribution < 1.29 is 18.0 Å². The summed E-state index contributed by atoms with van der Waals surface area (Å²) in [7, 11) is -4.07. The van der Waals surface area contributed by atoms with Crippen LogP contribution in [0.15, 0.2) is 88.2 Å². The van der Waals surface area contributed by atoms with Crippen molar-refractivity contribution in [1.29, 1.82) is 0 Å². The lowest BCUT2D eigenvalue weighted by Crippen LogP contribution is -2.52. The molecule has 2 amide bonds. The third kappa shape index (κ3) is 7.42. The molecule has 3 aromatic rings. The third-order valence-corrected chi connectivity index (χ3v) is 8.32. The number of anilines is 1. The first-order valence-electron chi connectivity index (χ1n) is 12.1. The summed E-state index contributed by atoms with van der Waals surface area (Å²) < 4.78 is 29.4. The highest BCUT2D eigenvalue weighted by atomic mass is 79.9. The standard InChI is InChI=1S/C28H32BrN3O4S/c1-4-30-28(34)22(3)31(19-18-23-8-6-5-7-9-23)27(33)20-32(25-14-12-24(29)13-15-25)37(35,36)26-16-10-21(2)11-17-26/h5-17,22H,4,18-20H2,1-3H3,(H,30,34)/t22-/m1/s1. The van der Waals surface area contributed by atoms with Crippen LogP contribution < -0.4 is 9.62 Å². The SMILES string of the molecule is CCNC(=O)[C@@H](C)N(CCc1ccccc1)C(=O)CN(c1ccc(Br)cc1)S(=O)(=O)c1ccc(C)cc1. The van der Waals surface area contributed by atoms with Gasteiger partial charge in [0.15, 0.2) is 0 Å². The summed E-state index contributed by atoms with van der Waals surface area (Å²) in [5, 5.41) is 2.76. The van der Waals surface area contributed by atoms with E-state index in [1.54, 1.807) is 43.3 Å². The van der Waals surface area contributed by atoms with Crippen LogP contribution in [0, 0.1) is 6.92 Å². The smallest absolute Gasteiger partial charge is 0.264 e. The lowest BCUT2D eigenvalue weighted by Gasteiger charge is -2.32. The molecule has 0 aromatic heterocycles. The van der Waals surface area contributed by atoms with Gasteiger partial charge in [0.25, 0.3) is 10.0 Å². The highest BCUT2D eigenvalue weighted by molar-refractivity contribution is 9.10. The number of hydrogen-bond acceptors (Lipinski definition) is 4. The van der Waals surface area contributed by atoms with Crippen molar-refractivity contribution in [3.63, 3.8) is 0 Å². The number of hydrogen-bond donors (Lipinski definition) is 1. The molecule has 0 fully saturated rings. The molecular formula is C28H32BrN3O4S. The van der Waals surface area contributed by atoms with Crippen molar-refractivity contribution in [3.8, 4) is 0 Å². The molecule has 1 atom stereocenters. The van der Waals surface area contributed by atoms with Crippen LogP contribution >= 0.6 is 15.9 Å². The summed E-state index contributed by atoms with van der Waals surface area (Å²) in [4.78, 5) is 28.0. The zero-order valence-corrected chi connectivity index (χ0v) is 23.6. The Hall–Kier alpha value is -3.17. The predicted octanol–water partition coefficient (Wildman–Crippen LogP) is 4.55. The zero-order chi connectivity index (χ0) is 27.0. The Balaban J connectivity index is 1.96. The average Bonchev–Trinajstić information content (AvgIpc) is 2.89. The second-order valence-electron chi connectivity index (χ2n) is 8.69. The summed E-state index contributed by atoms with van der Waals surface area (Å²) >= 11 is 3.38. The number of halogens is 1. The quantitative estimate of drug-likeness (QED) is 0.357. The Morgan fingerprint density at radius 1 is 0.946 bits per heavy atom. The maximum absolute atomic E-state index is 13.7. The van der Waals surface area contributed by atoms with E-state index in [0.29, 0.717) is 18.7 Å². The fourth-order valence-corrected chi connectivity index (χ4v) is 5.54. The van der Waals surface area contributed by atoms with Crippen molar-refractivity contribution in [3.05, 3.63) is 94.5 Å². The normalized spacial score (nSPS) is 12.0. The van der Waals surface area contributed by atoms with Crippen LogP contribution in [0.2, 0.25) is 0 Å². The van der Waals surface area contributed by atoms with Gasteiger partial charge in [0.2, 0.25) is 11.8 Å². The number of rotatable bonds is 11. The van der Waals surface area contributed by atoms with Gasteiger partial charge in [-0.2, -0.15) is 0 Å². The van der Waals surface area contributed by atoms with Gasteiger partial charge in [0.1, 0.15) is 12.6 Å². The molecule has 0 saturated carbocycles. The van der Waals surface area contributed by atoms with Crippen molar-refractivity contribution in [2.45, 2.75) is 38.1 Å². The molecule has 0 saturated heterocycles. The molecule has 0 heterocycles. The lowest BCUT2D eigenvalue weighted by atomic mass is 10.1. The first kappa shape index (κ1) is 28.4. The largest absolute Gasteiger partial charge is 0.355 e. The van der Waals surface area contributed by atoms with Gasteiger partial charge in [0, 0.05) is 17.6 Å². The molecule has 196 valence electrons. The molecule has 0 aliphatic carbocycles. The van der Waals surface area contributed by atoms with Crippen LogP contribution in [-0.2, 0) is 26.0 Å². The van der Waals surface area contributed by atoms with Gasteiger partial charge < -0.3 is 10.2 Å². The third-order valence-electron chi connectivity index (χ3n) is 6.00. The molecule has 0 spiro atoms. The van der Waals surface area contributed by atoms with E-state index < -0.39 is 28.5 Å². The van der Waals surface area contributed by atoms with Crippen LogP contribution in [0.4, 0.5) is 5.69 Å². The molecule has 3 rings (SSSR count). The second kappa shape index (κ2) is 12.9. The molecule has 9 heteroatoms. The molecule has 1 N–H and O–H groups in total. The maximum atomic E-state index is 13.7. The molecule has 37 heavy (non-hydrogen) atoms. The van der Waals surface area contributed by atoms with Crippen LogP contribution in [0.25, 0.3) is 0 Å². The molecule has 3 aromatic carbocycles. The first-order valence-corrected chi connectivity index (χ1v) is 14.3. The number of aryl methyl sites for hydroxylation is 1. The van der Waals surface area contributed by atoms with Crippen molar-refractivity contribution in [2.24, 2.45) is 0 Å². The minimum absolute atomic E-state index is 0.0847. The van der Waals surface area contributed by atoms with Gasteiger partial charge in [-0.1, -0.05) is 64.0 Å². The topological polar surface area (TPSA) is 86.8 Å². The average molecular weight is 587 g/mol. The van der Waals surface area contributed by atoms with E-state index >= 15 is 0 Å². The number of nitrogens with zero attached hydrogens (tertiary/aromatic N) is 2. The molecule has 0 radical (unpaired) electrons. The fourth-order valence-electron chi connectivity index (χ4n) is 3.87. The molecule has 0 unspecified atom stereocenters. The van der Waals surface area contributed by atoms with Crippen LogP contribution in [0.1, 0.15) is 25.0 Å². The van der Waals surface area contributed by atoms with E-state index in [1.807, 2.05) is 44.2 Å². The number of sulfonamides is 1. The van der Waals surface area contributed by atoms with E-state index in [-0.39, 0.29) is 17.3 Å². The Bertz CT molecular complexity index is 1300. The van der Waals surface area contributed by atoms with E-state index in [9.17, 15) is 18.0 Å². The number of likely N-dealkylation sites (N-methyl/N-ethyl adjacent to an activating group) is 1. The van der Waals surface area contributed by atoms with Crippen molar-refractivity contribution in [2.75, 3.05) is 23.9 Å². The Kier molecular flexibility index (Phi) is 9.88. The van der Waals surface area contributed by atoms with Crippen LogP contribution in [0.5, 0.6) is 0 Å². The maximum Gasteiger partial charge on any atom is 0.264 e. The number of carbonyl (C=O) groups excluding carboxylic acids is 2. The Morgan fingerprint density at radius 3 is 2.16 bits per heavy atom. The van der Waals surface area contributed by atoms with E-state index in [0.717, 1.165) is 19.9 Å². The van der Waals surface area contributed by atoms with Crippen LogP contribution in [0.3, 0.4) is 0 Å². The molecule has 7 nitrogen and oxygen atoms in total. The number of nitrogens with one attached hydrogen (secondary N) is 1. The summed E-state index contributed by atoms with van der Waals surface area (Å²) in [5.74, 6) is -0.756. The van der Waals surface area contributed by atoms with Gasteiger partial charge in [-0.3, -0.25) is 13.9 Å². The second-order valence-corrected chi connectivity index (χ2v) is 11.5. The van der Waals surface area contributed by atoms with Gasteiger partial charge in [-0.15, -0.1) is 0 Å². The van der Waals surface area contributed by atoms with E-state index in [2.05, 4.69) is 21.2 Å². The van der Waals surface area contributed by atoms with E-state index in [1.165, 1.54) is 17.0 Å². The Labute approximate surface area is 227 Å². The monoisotopic (exact) mass is 585 g/mol. The summed E-state index contributed by atoms with van der Waals surface area (Å²) in [5.41, 5.74) is 2.29. The molecule has 0 aliphatic heterocycles. The molecule has 0 aliphatic rings. The summed E-state index contributed by atoms with van der Waals surface area (Å²) in [6, 6.07) is 22.1. The highest BCUT2D eigenvalue weighted by Gasteiger charge is 2.32. The van der Waals surface area contributed by atoms with E-state index in [4.69, 9.17) is 0 Å². The van der Waals surface area contributed by atoms with Crippen molar-refractivity contribution >= 4 is 43.5 Å². The first-order chi connectivity index (χ1) is 17.6. The Morgan fingerprint density at radius 2 is 1.57 bits per heavy atom.